The molecule has 1 unspecified atom stereocenters. The summed E-state index contributed by atoms with van der Waals surface area (Å²) in [6, 6.07) is 0. The molecule has 0 fully saturated rings. The van der Waals surface area contributed by atoms with Gasteiger partial charge in [-0.15, -0.1) is 0 Å². The molecule has 0 spiro atoms. The largest absolute Gasteiger partial charge is 0.469 e. The molecule has 0 amide bonds. The van der Waals surface area contributed by atoms with Gasteiger partial charge in [0, 0.05) is 6.42 Å². The Kier molecular flexibility index (Phi) is 4.86. The molecule has 15 heavy (non-hydrogen) atoms. The van der Waals surface area contributed by atoms with E-state index in [1.807, 2.05) is 0 Å². The minimum Gasteiger partial charge on any atom is -0.469 e. The van der Waals surface area contributed by atoms with Crippen molar-refractivity contribution < 1.29 is 9.53 Å². The van der Waals surface area contributed by atoms with E-state index in [4.69, 9.17) is 0 Å². The summed E-state index contributed by atoms with van der Waals surface area (Å²) in [5, 5.41) is 0. The average Bonchev–Trinajstić information content (AvgIpc) is 2.38. The van der Waals surface area contributed by atoms with Crippen LogP contribution in [0.1, 0.15) is 52.4 Å². The molecule has 86 valence electrons. The molecular weight excluding hydrogens is 188 g/mol. The predicted octanol–water partition coefficient (Wildman–Crippen LogP) is 3.47. The maximum atomic E-state index is 11.1. The van der Waals surface area contributed by atoms with Crippen molar-refractivity contribution in [2.24, 2.45) is 5.92 Å². The number of carbonyl (C=O) groups is 1. The second-order valence-electron chi connectivity index (χ2n) is 4.53. The van der Waals surface area contributed by atoms with E-state index in [1.54, 1.807) is 0 Å². The van der Waals surface area contributed by atoms with Crippen LogP contribution in [-0.2, 0) is 9.53 Å². The zero-order valence-electron chi connectivity index (χ0n) is 10.1. The van der Waals surface area contributed by atoms with Crippen LogP contribution < -0.4 is 0 Å². The maximum absolute atomic E-state index is 11.1. The third-order valence-electron chi connectivity index (χ3n) is 3.41. The first kappa shape index (κ1) is 12.3. The second kappa shape index (κ2) is 5.94. The lowest BCUT2D eigenvalue weighted by atomic mass is 9.91. The summed E-state index contributed by atoms with van der Waals surface area (Å²) in [6.07, 6.45) is 6.53. The van der Waals surface area contributed by atoms with Gasteiger partial charge in [-0.1, -0.05) is 24.5 Å². The van der Waals surface area contributed by atoms with Crippen LogP contribution in [0, 0.1) is 5.92 Å². The van der Waals surface area contributed by atoms with Crippen molar-refractivity contribution in [2.45, 2.75) is 52.4 Å². The van der Waals surface area contributed by atoms with Crippen molar-refractivity contribution >= 4 is 5.97 Å². The van der Waals surface area contributed by atoms with Crippen molar-refractivity contribution in [1.82, 2.24) is 0 Å². The number of hydrogen-bond acceptors (Lipinski definition) is 2. The zero-order chi connectivity index (χ0) is 11.3. The van der Waals surface area contributed by atoms with E-state index >= 15 is 0 Å². The fraction of sp³-hybridized carbons (Fsp3) is 0.769. The summed E-state index contributed by atoms with van der Waals surface area (Å²) < 4.78 is 4.68. The lowest BCUT2D eigenvalue weighted by Crippen LogP contribution is -2.05. The van der Waals surface area contributed by atoms with E-state index in [-0.39, 0.29) is 5.97 Å². The SMILES string of the molecule is COC(=O)CCC1=C(C)CCCCC1C. The van der Waals surface area contributed by atoms with Gasteiger partial charge in [0.1, 0.15) is 0 Å². The number of methoxy groups -OCH3 is 1. The van der Waals surface area contributed by atoms with E-state index in [1.165, 1.54) is 43.9 Å². The molecule has 1 aliphatic rings. The van der Waals surface area contributed by atoms with Gasteiger partial charge in [0.15, 0.2) is 0 Å². The standard InChI is InChI=1S/C13H22O2/c1-10-6-4-5-7-11(2)12(10)8-9-13(14)15-3/h10H,4-9H2,1-3H3. The van der Waals surface area contributed by atoms with Gasteiger partial charge in [0.25, 0.3) is 0 Å². The van der Waals surface area contributed by atoms with E-state index in [0.29, 0.717) is 12.3 Å². The molecule has 2 nitrogen and oxygen atoms in total. The molecule has 2 heteroatoms. The molecule has 0 bridgehead atoms. The summed E-state index contributed by atoms with van der Waals surface area (Å²) >= 11 is 0. The third-order valence-corrected chi connectivity index (χ3v) is 3.41. The molecule has 1 aliphatic carbocycles. The van der Waals surface area contributed by atoms with Crippen molar-refractivity contribution in [2.75, 3.05) is 7.11 Å². The Morgan fingerprint density at radius 2 is 2.20 bits per heavy atom. The summed E-state index contributed by atoms with van der Waals surface area (Å²) in [5.41, 5.74) is 3.00. The van der Waals surface area contributed by atoms with Crippen LogP contribution >= 0.6 is 0 Å². The van der Waals surface area contributed by atoms with Gasteiger partial charge in [-0.25, -0.2) is 0 Å². The highest BCUT2D eigenvalue weighted by Crippen LogP contribution is 2.31. The predicted molar refractivity (Wildman–Crippen MR) is 61.6 cm³/mol. The highest BCUT2D eigenvalue weighted by Gasteiger charge is 2.16. The number of esters is 1. The Hall–Kier alpha value is -0.790. The fourth-order valence-corrected chi connectivity index (χ4v) is 2.39. The van der Waals surface area contributed by atoms with Crippen LogP contribution in [0.4, 0.5) is 0 Å². The molecule has 0 radical (unpaired) electrons. The minimum absolute atomic E-state index is 0.0910. The van der Waals surface area contributed by atoms with Crippen LogP contribution in [0.25, 0.3) is 0 Å². The molecule has 0 saturated carbocycles. The number of rotatable bonds is 3. The van der Waals surface area contributed by atoms with E-state index in [2.05, 4.69) is 18.6 Å². The van der Waals surface area contributed by atoms with Gasteiger partial charge >= 0.3 is 5.97 Å². The molecule has 0 saturated heterocycles. The molecule has 1 rings (SSSR count). The highest BCUT2D eigenvalue weighted by atomic mass is 16.5. The molecule has 0 N–H and O–H groups in total. The lowest BCUT2D eigenvalue weighted by molar-refractivity contribution is -0.140. The third kappa shape index (κ3) is 3.69. The molecule has 0 aromatic carbocycles. The Morgan fingerprint density at radius 1 is 1.47 bits per heavy atom. The molecule has 0 aromatic heterocycles. The van der Waals surface area contributed by atoms with Crippen LogP contribution in [0.5, 0.6) is 0 Å². The van der Waals surface area contributed by atoms with Crippen molar-refractivity contribution in [1.29, 1.82) is 0 Å². The first-order valence-electron chi connectivity index (χ1n) is 5.90. The zero-order valence-corrected chi connectivity index (χ0v) is 10.1. The Morgan fingerprint density at radius 3 is 2.87 bits per heavy atom. The van der Waals surface area contributed by atoms with Gasteiger partial charge in [-0.2, -0.15) is 0 Å². The van der Waals surface area contributed by atoms with Crippen LogP contribution in [-0.4, -0.2) is 13.1 Å². The average molecular weight is 210 g/mol. The number of hydrogen-bond donors (Lipinski definition) is 0. The van der Waals surface area contributed by atoms with Crippen LogP contribution in [0.15, 0.2) is 11.1 Å². The minimum atomic E-state index is -0.0910. The van der Waals surface area contributed by atoms with E-state index < -0.39 is 0 Å². The molecular formula is C13H22O2. The quantitative estimate of drug-likeness (QED) is 0.526. The monoisotopic (exact) mass is 210 g/mol. The molecule has 1 atom stereocenters. The first-order valence-corrected chi connectivity index (χ1v) is 5.90. The van der Waals surface area contributed by atoms with Gasteiger partial charge in [0.2, 0.25) is 0 Å². The van der Waals surface area contributed by atoms with Crippen molar-refractivity contribution in [3.63, 3.8) is 0 Å². The van der Waals surface area contributed by atoms with E-state index in [9.17, 15) is 4.79 Å². The molecule has 0 aromatic rings. The smallest absolute Gasteiger partial charge is 0.305 e. The van der Waals surface area contributed by atoms with Crippen molar-refractivity contribution in [3.05, 3.63) is 11.1 Å². The summed E-state index contributed by atoms with van der Waals surface area (Å²) in [5.74, 6) is 0.559. The normalized spacial score (nSPS) is 22.5. The van der Waals surface area contributed by atoms with Gasteiger partial charge in [0.05, 0.1) is 7.11 Å². The van der Waals surface area contributed by atoms with Crippen molar-refractivity contribution in [3.8, 4) is 0 Å². The van der Waals surface area contributed by atoms with Crippen LogP contribution in [0.2, 0.25) is 0 Å². The summed E-state index contributed by atoms with van der Waals surface area (Å²) in [4.78, 5) is 11.1. The highest BCUT2D eigenvalue weighted by molar-refractivity contribution is 5.69. The Bertz CT molecular complexity index is 253. The topological polar surface area (TPSA) is 26.3 Å². The van der Waals surface area contributed by atoms with Gasteiger partial charge in [-0.05, 0) is 38.5 Å². The number of ether oxygens (including phenoxy) is 1. The fourth-order valence-electron chi connectivity index (χ4n) is 2.39. The lowest BCUT2D eigenvalue weighted by Gasteiger charge is -2.15. The Labute approximate surface area is 92.7 Å². The summed E-state index contributed by atoms with van der Waals surface area (Å²) in [7, 11) is 1.46. The van der Waals surface area contributed by atoms with Gasteiger partial charge in [-0.3, -0.25) is 4.79 Å². The van der Waals surface area contributed by atoms with Gasteiger partial charge < -0.3 is 4.74 Å². The Balaban J connectivity index is 2.58. The van der Waals surface area contributed by atoms with E-state index in [0.717, 1.165) is 6.42 Å². The number of carbonyl (C=O) groups excluding carboxylic acids is 1. The first-order chi connectivity index (χ1) is 7.15. The number of allylic oxidation sites excluding steroid dienone is 2. The summed E-state index contributed by atoms with van der Waals surface area (Å²) in [6.45, 7) is 4.50. The molecule has 0 heterocycles. The van der Waals surface area contributed by atoms with Crippen LogP contribution in [0.3, 0.4) is 0 Å². The molecule has 0 aliphatic heterocycles. The maximum Gasteiger partial charge on any atom is 0.305 e. The second-order valence-corrected chi connectivity index (χ2v) is 4.53.